The molecule has 3 unspecified atom stereocenters. The molecule has 0 aliphatic heterocycles. The molecule has 4 nitrogen and oxygen atoms in total. The van der Waals surface area contributed by atoms with Crippen molar-refractivity contribution in [2.45, 2.75) is 38.6 Å². The van der Waals surface area contributed by atoms with Gasteiger partial charge in [-0.3, -0.25) is 4.79 Å². The molecular weight excluding hydrogens is 299 g/mol. The maximum atomic E-state index is 12.4. The lowest BCUT2D eigenvalue weighted by molar-refractivity contribution is -0.275. The summed E-state index contributed by atoms with van der Waals surface area (Å²) in [6.07, 6.45) is -4.45. The number of alkyl halides is 3. The number of hydrogen-bond donors (Lipinski definition) is 1. The molecule has 7 heteroatoms. The topological polar surface area (TPSA) is 61.5 Å². The summed E-state index contributed by atoms with van der Waals surface area (Å²) in [7, 11) is 1.24. The smallest absolute Gasteiger partial charge is 0.468 e. The summed E-state index contributed by atoms with van der Waals surface area (Å²) < 4.78 is 45.9. The van der Waals surface area contributed by atoms with Crippen LogP contribution >= 0.6 is 0 Å². The van der Waals surface area contributed by atoms with Gasteiger partial charge in [0.15, 0.2) is 0 Å². The molecule has 3 atom stereocenters. The average molecular weight is 319 g/mol. The van der Waals surface area contributed by atoms with Gasteiger partial charge < -0.3 is 15.2 Å². The standard InChI is InChI=1S/C15H20F3NO3/c1-9(8-12(19)14(20)21-3)10(2)11-6-4-5-7-13(11)22-15(16,17)18/h4-7,9-10,12H,8,19H2,1-3H3. The zero-order valence-corrected chi connectivity index (χ0v) is 12.7. The lowest BCUT2D eigenvalue weighted by Crippen LogP contribution is -2.34. The zero-order chi connectivity index (χ0) is 16.9. The largest absolute Gasteiger partial charge is 0.573 e. The Bertz CT molecular complexity index is 505. The van der Waals surface area contributed by atoms with Gasteiger partial charge in [0.1, 0.15) is 11.8 Å². The summed E-state index contributed by atoms with van der Waals surface area (Å²) in [5, 5.41) is 0. The number of para-hydroxylation sites is 1. The zero-order valence-electron chi connectivity index (χ0n) is 12.7. The molecule has 0 saturated carbocycles. The molecule has 124 valence electrons. The van der Waals surface area contributed by atoms with E-state index in [1.54, 1.807) is 19.1 Å². The second kappa shape index (κ2) is 7.49. The highest BCUT2D eigenvalue weighted by molar-refractivity contribution is 5.75. The van der Waals surface area contributed by atoms with E-state index in [1.807, 2.05) is 6.92 Å². The third-order valence-corrected chi connectivity index (χ3v) is 3.62. The van der Waals surface area contributed by atoms with Gasteiger partial charge in [0.2, 0.25) is 0 Å². The maximum Gasteiger partial charge on any atom is 0.573 e. The van der Waals surface area contributed by atoms with Crippen LogP contribution in [-0.4, -0.2) is 25.5 Å². The number of esters is 1. The highest BCUT2D eigenvalue weighted by Crippen LogP contribution is 2.35. The summed E-state index contributed by atoms with van der Waals surface area (Å²) in [5.74, 6) is -1.18. The second-order valence-electron chi connectivity index (χ2n) is 5.22. The fraction of sp³-hybridized carbons (Fsp3) is 0.533. The van der Waals surface area contributed by atoms with Crippen molar-refractivity contribution in [3.8, 4) is 5.75 Å². The minimum atomic E-state index is -4.75. The number of rotatable bonds is 6. The van der Waals surface area contributed by atoms with Crippen molar-refractivity contribution < 1.29 is 27.4 Å². The van der Waals surface area contributed by atoms with E-state index in [2.05, 4.69) is 9.47 Å². The van der Waals surface area contributed by atoms with Crippen molar-refractivity contribution in [1.29, 1.82) is 0 Å². The predicted molar refractivity (Wildman–Crippen MR) is 75.3 cm³/mol. The van der Waals surface area contributed by atoms with Gasteiger partial charge in [0.05, 0.1) is 7.11 Å². The molecule has 1 aromatic carbocycles. The number of carbonyl (C=O) groups excluding carboxylic acids is 1. The van der Waals surface area contributed by atoms with E-state index in [9.17, 15) is 18.0 Å². The van der Waals surface area contributed by atoms with Gasteiger partial charge in [-0.15, -0.1) is 13.2 Å². The van der Waals surface area contributed by atoms with E-state index in [4.69, 9.17) is 5.73 Å². The SMILES string of the molecule is COC(=O)C(N)CC(C)C(C)c1ccccc1OC(F)(F)F. The number of carbonyl (C=O) groups is 1. The van der Waals surface area contributed by atoms with Gasteiger partial charge in [0, 0.05) is 0 Å². The fourth-order valence-electron chi connectivity index (χ4n) is 2.23. The Morgan fingerprint density at radius 2 is 1.86 bits per heavy atom. The van der Waals surface area contributed by atoms with Crippen LogP contribution in [-0.2, 0) is 9.53 Å². The number of benzene rings is 1. The number of hydrogen-bond acceptors (Lipinski definition) is 4. The first-order chi connectivity index (χ1) is 10.2. The second-order valence-corrected chi connectivity index (χ2v) is 5.22. The van der Waals surface area contributed by atoms with Gasteiger partial charge in [-0.05, 0) is 29.9 Å². The van der Waals surface area contributed by atoms with Crippen molar-refractivity contribution >= 4 is 5.97 Å². The van der Waals surface area contributed by atoms with Crippen LogP contribution in [0.5, 0.6) is 5.75 Å². The van der Waals surface area contributed by atoms with E-state index in [-0.39, 0.29) is 17.6 Å². The molecule has 0 aliphatic rings. The number of halogens is 3. The van der Waals surface area contributed by atoms with Crippen molar-refractivity contribution in [2.24, 2.45) is 11.7 Å². The van der Waals surface area contributed by atoms with Gasteiger partial charge in [-0.1, -0.05) is 32.0 Å². The Labute approximate surface area is 127 Å². The molecule has 0 heterocycles. The highest BCUT2D eigenvalue weighted by Gasteiger charge is 2.33. The molecule has 2 N–H and O–H groups in total. The van der Waals surface area contributed by atoms with Crippen LogP contribution in [0.25, 0.3) is 0 Å². The molecule has 0 radical (unpaired) electrons. The van der Waals surface area contributed by atoms with E-state index in [0.717, 1.165) is 0 Å². The first kappa shape index (κ1) is 18.3. The highest BCUT2D eigenvalue weighted by atomic mass is 19.4. The van der Waals surface area contributed by atoms with Gasteiger partial charge in [-0.2, -0.15) is 0 Å². The average Bonchev–Trinajstić information content (AvgIpc) is 2.44. The molecule has 0 aliphatic carbocycles. The van der Waals surface area contributed by atoms with Crippen molar-refractivity contribution in [2.75, 3.05) is 7.11 Å². The normalized spacial score (nSPS) is 15.8. The number of ether oxygens (including phenoxy) is 2. The Morgan fingerprint density at radius 1 is 1.27 bits per heavy atom. The van der Waals surface area contributed by atoms with Gasteiger partial charge in [0.25, 0.3) is 0 Å². The molecule has 1 rings (SSSR count). The third-order valence-electron chi connectivity index (χ3n) is 3.62. The Hall–Kier alpha value is -1.76. The van der Waals surface area contributed by atoms with Crippen molar-refractivity contribution in [3.63, 3.8) is 0 Å². The summed E-state index contributed by atoms with van der Waals surface area (Å²) in [6, 6.07) is 5.15. The monoisotopic (exact) mass is 319 g/mol. The fourth-order valence-corrected chi connectivity index (χ4v) is 2.23. The maximum absolute atomic E-state index is 12.4. The van der Waals surface area contributed by atoms with Gasteiger partial charge >= 0.3 is 12.3 Å². The first-order valence-electron chi connectivity index (χ1n) is 6.83. The minimum absolute atomic E-state index is 0.132. The Kier molecular flexibility index (Phi) is 6.22. The van der Waals surface area contributed by atoms with Crippen molar-refractivity contribution in [1.82, 2.24) is 0 Å². The molecule has 0 aromatic heterocycles. The Morgan fingerprint density at radius 3 is 2.41 bits per heavy atom. The quantitative estimate of drug-likeness (QED) is 0.818. The predicted octanol–water partition coefficient (Wildman–Crippen LogP) is 3.22. The van der Waals surface area contributed by atoms with Crippen LogP contribution in [0, 0.1) is 5.92 Å². The van der Waals surface area contributed by atoms with Gasteiger partial charge in [-0.25, -0.2) is 0 Å². The molecule has 0 bridgehead atoms. The van der Waals surface area contributed by atoms with Crippen molar-refractivity contribution in [3.05, 3.63) is 29.8 Å². The van der Waals surface area contributed by atoms with E-state index < -0.39 is 18.4 Å². The van der Waals surface area contributed by atoms with Crippen LogP contribution in [0.15, 0.2) is 24.3 Å². The molecule has 0 spiro atoms. The van der Waals surface area contributed by atoms with E-state index in [1.165, 1.54) is 19.2 Å². The third kappa shape index (κ3) is 5.22. The lowest BCUT2D eigenvalue weighted by atomic mass is 9.84. The summed E-state index contributed by atoms with van der Waals surface area (Å²) >= 11 is 0. The van der Waals surface area contributed by atoms with Crippen LogP contribution in [0.3, 0.4) is 0 Å². The van der Waals surface area contributed by atoms with E-state index in [0.29, 0.717) is 12.0 Å². The molecule has 1 aromatic rings. The first-order valence-corrected chi connectivity index (χ1v) is 6.83. The summed E-state index contributed by atoms with van der Waals surface area (Å²) in [6.45, 7) is 3.59. The molecule has 0 amide bonds. The summed E-state index contributed by atoms with van der Waals surface area (Å²) in [4.78, 5) is 11.3. The minimum Gasteiger partial charge on any atom is -0.468 e. The van der Waals surface area contributed by atoms with Crippen LogP contribution in [0.2, 0.25) is 0 Å². The number of nitrogens with two attached hydrogens (primary N) is 1. The Balaban J connectivity index is 2.88. The number of methoxy groups -OCH3 is 1. The molecule has 0 saturated heterocycles. The molecule has 0 fully saturated rings. The van der Waals surface area contributed by atoms with Crippen LogP contribution in [0.4, 0.5) is 13.2 Å². The van der Waals surface area contributed by atoms with E-state index >= 15 is 0 Å². The van der Waals surface area contributed by atoms with Crippen LogP contribution < -0.4 is 10.5 Å². The molecular formula is C15H20F3NO3. The lowest BCUT2D eigenvalue weighted by Gasteiger charge is -2.24. The van der Waals surface area contributed by atoms with Crippen LogP contribution in [0.1, 0.15) is 31.7 Å². The summed E-state index contributed by atoms with van der Waals surface area (Å²) in [5.41, 5.74) is 6.12. The molecule has 22 heavy (non-hydrogen) atoms.